The number of hydrogen-bond donors (Lipinski definition) is 1. The first-order valence-electron chi connectivity index (χ1n) is 5.08. The van der Waals surface area contributed by atoms with Crippen LogP contribution in [0.4, 0.5) is 0 Å². The summed E-state index contributed by atoms with van der Waals surface area (Å²) in [6.07, 6.45) is 5.40. The van der Waals surface area contributed by atoms with Crippen LogP contribution >= 0.6 is 11.6 Å². The van der Waals surface area contributed by atoms with Gasteiger partial charge in [0.1, 0.15) is 11.3 Å². The Kier molecular flexibility index (Phi) is 2.95. The summed E-state index contributed by atoms with van der Waals surface area (Å²) >= 11 is 5.65. The number of carbonyl (C=O) groups is 1. The molecule has 0 aliphatic heterocycles. The second-order valence-corrected chi connectivity index (χ2v) is 4.20. The quantitative estimate of drug-likeness (QED) is 0.847. The number of hydrogen-bond acceptors (Lipinski definition) is 3. The summed E-state index contributed by atoms with van der Waals surface area (Å²) < 4.78 is 4.74. The van der Waals surface area contributed by atoms with Crippen LogP contribution in [0.3, 0.4) is 0 Å². The third kappa shape index (κ3) is 2.00. The monoisotopic (exact) mass is 229 g/mol. The lowest BCUT2D eigenvalue weighted by molar-refractivity contribution is 0.0694. The van der Waals surface area contributed by atoms with E-state index >= 15 is 0 Å². The molecule has 1 fully saturated rings. The van der Waals surface area contributed by atoms with Crippen LogP contribution in [-0.4, -0.2) is 16.2 Å². The van der Waals surface area contributed by atoms with Gasteiger partial charge in [0, 0.05) is 5.92 Å². The van der Waals surface area contributed by atoms with Crippen molar-refractivity contribution in [3.8, 4) is 0 Å². The van der Waals surface area contributed by atoms with E-state index in [-0.39, 0.29) is 16.7 Å². The summed E-state index contributed by atoms with van der Waals surface area (Å²) in [5.41, 5.74) is 0.566. The Morgan fingerprint density at radius 1 is 1.40 bits per heavy atom. The van der Waals surface area contributed by atoms with Gasteiger partial charge in [-0.2, -0.15) is 0 Å². The lowest BCUT2D eigenvalue weighted by atomic mass is 9.85. The van der Waals surface area contributed by atoms with Crippen LogP contribution in [-0.2, 0) is 0 Å². The van der Waals surface area contributed by atoms with Gasteiger partial charge in [-0.3, -0.25) is 0 Å². The molecule has 0 radical (unpaired) electrons. The molecule has 0 saturated heterocycles. The molecule has 0 aromatic carbocycles. The van der Waals surface area contributed by atoms with Gasteiger partial charge in [-0.25, -0.2) is 4.79 Å². The SMILES string of the molecule is O=C(O)c1c(C2CCCCC2)noc1Cl. The number of carboxylic acid groups (broad SMARTS) is 1. The number of carboxylic acids is 1. The van der Waals surface area contributed by atoms with E-state index in [1.807, 2.05) is 0 Å². The number of halogens is 1. The van der Waals surface area contributed by atoms with Crippen LogP contribution in [0.5, 0.6) is 0 Å². The average Bonchev–Trinajstić information content (AvgIpc) is 2.61. The highest BCUT2D eigenvalue weighted by molar-refractivity contribution is 6.31. The van der Waals surface area contributed by atoms with Crippen LogP contribution in [0.2, 0.25) is 5.22 Å². The van der Waals surface area contributed by atoms with Crippen LogP contribution < -0.4 is 0 Å². The maximum absolute atomic E-state index is 11.0. The fourth-order valence-electron chi connectivity index (χ4n) is 2.13. The van der Waals surface area contributed by atoms with Crippen LogP contribution in [0, 0.1) is 0 Å². The molecule has 1 saturated carbocycles. The summed E-state index contributed by atoms with van der Waals surface area (Å²) in [7, 11) is 0. The molecule has 1 aromatic heterocycles. The average molecular weight is 230 g/mol. The molecule has 5 heteroatoms. The fourth-order valence-corrected chi connectivity index (χ4v) is 2.34. The molecular weight excluding hydrogens is 218 g/mol. The van der Waals surface area contributed by atoms with Gasteiger partial charge in [-0.05, 0) is 24.4 Å². The topological polar surface area (TPSA) is 63.3 Å². The zero-order chi connectivity index (χ0) is 10.8. The molecule has 2 rings (SSSR count). The van der Waals surface area contributed by atoms with Crippen molar-refractivity contribution in [2.24, 2.45) is 0 Å². The van der Waals surface area contributed by atoms with Gasteiger partial charge in [-0.1, -0.05) is 24.4 Å². The molecule has 1 aliphatic rings. The standard InChI is InChI=1S/C10H12ClNO3/c11-9-7(10(13)14)8(12-15-9)6-4-2-1-3-5-6/h6H,1-5H2,(H,13,14). The van der Waals surface area contributed by atoms with Gasteiger partial charge in [0.25, 0.3) is 0 Å². The lowest BCUT2D eigenvalue weighted by Gasteiger charge is -2.19. The highest BCUT2D eigenvalue weighted by Crippen LogP contribution is 2.35. The van der Waals surface area contributed by atoms with E-state index < -0.39 is 5.97 Å². The highest BCUT2D eigenvalue weighted by Gasteiger charge is 2.28. The van der Waals surface area contributed by atoms with Crippen LogP contribution in [0.1, 0.15) is 54.1 Å². The van der Waals surface area contributed by atoms with Gasteiger partial charge >= 0.3 is 5.97 Å². The molecule has 0 amide bonds. The number of nitrogens with zero attached hydrogens (tertiary/aromatic N) is 1. The van der Waals surface area contributed by atoms with E-state index in [2.05, 4.69) is 5.16 Å². The van der Waals surface area contributed by atoms with E-state index in [4.69, 9.17) is 21.2 Å². The van der Waals surface area contributed by atoms with Gasteiger partial charge < -0.3 is 9.63 Å². The summed E-state index contributed by atoms with van der Waals surface area (Å²) in [5, 5.41) is 12.6. The molecule has 4 nitrogen and oxygen atoms in total. The van der Waals surface area contributed by atoms with E-state index in [9.17, 15) is 4.79 Å². The Bertz CT molecular complexity index is 369. The summed E-state index contributed by atoms with van der Waals surface area (Å²) in [6, 6.07) is 0. The molecule has 1 aromatic rings. The molecule has 0 unspecified atom stereocenters. The Labute approximate surface area is 92.2 Å². The third-order valence-corrected chi connectivity index (χ3v) is 3.14. The first-order chi connectivity index (χ1) is 7.20. The fraction of sp³-hybridized carbons (Fsp3) is 0.600. The van der Waals surface area contributed by atoms with Crippen molar-refractivity contribution in [1.82, 2.24) is 5.16 Å². The van der Waals surface area contributed by atoms with E-state index in [1.54, 1.807) is 0 Å². The molecule has 1 aliphatic carbocycles. The molecule has 1 N–H and O–H groups in total. The lowest BCUT2D eigenvalue weighted by Crippen LogP contribution is -2.09. The Hall–Kier alpha value is -1.03. The highest BCUT2D eigenvalue weighted by atomic mass is 35.5. The van der Waals surface area contributed by atoms with Crippen molar-refractivity contribution >= 4 is 17.6 Å². The zero-order valence-electron chi connectivity index (χ0n) is 8.20. The molecule has 82 valence electrons. The van der Waals surface area contributed by atoms with E-state index in [0.717, 1.165) is 25.7 Å². The first kappa shape index (κ1) is 10.5. The predicted molar refractivity (Wildman–Crippen MR) is 54.3 cm³/mol. The minimum absolute atomic E-state index is 0.0450. The summed E-state index contributed by atoms with van der Waals surface area (Å²) in [4.78, 5) is 11.0. The largest absolute Gasteiger partial charge is 0.477 e. The second kappa shape index (κ2) is 4.23. The minimum Gasteiger partial charge on any atom is -0.477 e. The number of rotatable bonds is 2. The molecule has 0 bridgehead atoms. The van der Waals surface area contributed by atoms with Crippen LogP contribution in [0.15, 0.2) is 4.52 Å². The maximum atomic E-state index is 11.0. The van der Waals surface area contributed by atoms with Crippen molar-refractivity contribution in [2.45, 2.75) is 38.0 Å². The molecule has 1 heterocycles. The van der Waals surface area contributed by atoms with Crippen molar-refractivity contribution in [3.63, 3.8) is 0 Å². The predicted octanol–water partition coefficient (Wildman–Crippen LogP) is 3.07. The minimum atomic E-state index is -1.05. The smallest absolute Gasteiger partial charge is 0.342 e. The normalized spacial score (nSPS) is 17.9. The van der Waals surface area contributed by atoms with Gasteiger partial charge in [0.05, 0.1) is 0 Å². The zero-order valence-corrected chi connectivity index (χ0v) is 8.96. The molecule has 15 heavy (non-hydrogen) atoms. The van der Waals surface area contributed by atoms with Gasteiger partial charge in [0.15, 0.2) is 0 Å². The Morgan fingerprint density at radius 3 is 2.67 bits per heavy atom. The van der Waals surface area contributed by atoms with Gasteiger partial charge in [0.2, 0.25) is 5.22 Å². The third-order valence-electron chi connectivity index (χ3n) is 2.88. The Balaban J connectivity index is 2.30. The van der Waals surface area contributed by atoms with Gasteiger partial charge in [-0.15, -0.1) is 0 Å². The van der Waals surface area contributed by atoms with Crippen molar-refractivity contribution < 1.29 is 14.4 Å². The first-order valence-corrected chi connectivity index (χ1v) is 5.46. The second-order valence-electron chi connectivity index (χ2n) is 3.86. The number of aromatic carboxylic acids is 1. The number of aromatic nitrogens is 1. The maximum Gasteiger partial charge on any atom is 0.342 e. The van der Waals surface area contributed by atoms with Crippen molar-refractivity contribution in [2.75, 3.05) is 0 Å². The van der Waals surface area contributed by atoms with Crippen molar-refractivity contribution in [3.05, 3.63) is 16.5 Å². The summed E-state index contributed by atoms with van der Waals surface area (Å²) in [5.74, 6) is -0.858. The summed E-state index contributed by atoms with van der Waals surface area (Å²) in [6.45, 7) is 0. The van der Waals surface area contributed by atoms with Crippen molar-refractivity contribution in [1.29, 1.82) is 0 Å². The van der Waals surface area contributed by atoms with Crippen LogP contribution in [0.25, 0.3) is 0 Å². The van der Waals surface area contributed by atoms with E-state index in [1.165, 1.54) is 6.42 Å². The molecule has 0 spiro atoms. The Morgan fingerprint density at radius 2 is 2.07 bits per heavy atom. The molecule has 0 atom stereocenters. The molecular formula is C10H12ClNO3. The van der Waals surface area contributed by atoms with E-state index in [0.29, 0.717) is 5.69 Å².